The van der Waals surface area contributed by atoms with Crippen LogP contribution in [0.25, 0.3) is 0 Å². The predicted octanol–water partition coefficient (Wildman–Crippen LogP) is 2.30. The summed E-state index contributed by atoms with van der Waals surface area (Å²) in [6.45, 7) is 1.98. The van der Waals surface area contributed by atoms with Crippen molar-refractivity contribution in [2.45, 2.75) is 26.2 Å². The number of unbranched alkanes of at least 4 members (excludes halogenated alkanes) is 1. The van der Waals surface area contributed by atoms with Crippen molar-refractivity contribution in [3.63, 3.8) is 0 Å². The molecule has 0 aromatic heterocycles. The van der Waals surface area contributed by atoms with Gasteiger partial charge in [-0.3, -0.25) is 0 Å². The summed E-state index contributed by atoms with van der Waals surface area (Å²) in [6, 6.07) is 0. The minimum absolute atomic E-state index is 0.460. The van der Waals surface area contributed by atoms with Gasteiger partial charge in [0.25, 0.3) is 0 Å². The van der Waals surface area contributed by atoms with Crippen LogP contribution in [0.3, 0.4) is 0 Å². The number of aldehydes is 2. The van der Waals surface area contributed by atoms with Gasteiger partial charge in [-0.2, -0.15) is 0 Å². The average molecular weight is 180 g/mol. The Kier molecular flexibility index (Phi) is 8.10. The maximum absolute atomic E-state index is 10.2. The Bertz CT molecular complexity index is 184. The summed E-state index contributed by atoms with van der Waals surface area (Å²) in [6.07, 6.45) is 11.9. The zero-order valence-corrected chi connectivity index (χ0v) is 7.98. The molecule has 0 aliphatic rings. The number of rotatable bonds is 7. The van der Waals surface area contributed by atoms with Crippen molar-refractivity contribution < 1.29 is 9.59 Å². The van der Waals surface area contributed by atoms with Crippen molar-refractivity contribution in [3.05, 3.63) is 24.3 Å². The summed E-state index contributed by atoms with van der Waals surface area (Å²) in [5.41, 5.74) is 0. The number of carbonyl (C=O) groups excluding carboxylic acids is 2. The van der Waals surface area contributed by atoms with E-state index >= 15 is 0 Å². The van der Waals surface area contributed by atoms with Gasteiger partial charge in [-0.1, -0.05) is 24.3 Å². The van der Waals surface area contributed by atoms with E-state index in [9.17, 15) is 9.59 Å². The third-order valence-electron chi connectivity index (χ3n) is 1.66. The number of allylic oxidation sites excluding steroid dienone is 4. The molecule has 0 radical (unpaired) electrons. The van der Waals surface area contributed by atoms with Crippen LogP contribution in [0.4, 0.5) is 0 Å². The molecule has 0 bridgehead atoms. The average Bonchev–Trinajstić information content (AvgIpc) is 2.17. The first-order chi connectivity index (χ1) is 6.35. The summed E-state index contributed by atoms with van der Waals surface area (Å²) in [5, 5.41) is 0. The molecule has 0 aliphatic heterocycles. The molecule has 2 heteroatoms. The molecular weight excluding hydrogens is 164 g/mol. The zero-order chi connectivity index (χ0) is 9.94. The third-order valence-corrected chi connectivity index (χ3v) is 1.66. The molecular formula is C11H16O2. The van der Waals surface area contributed by atoms with E-state index in [4.69, 9.17) is 0 Å². The molecule has 0 saturated carbocycles. The van der Waals surface area contributed by atoms with E-state index in [1.807, 2.05) is 25.2 Å². The van der Waals surface area contributed by atoms with Crippen LogP contribution in [-0.4, -0.2) is 12.6 Å². The van der Waals surface area contributed by atoms with Crippen molar-refractivity contribution in [1.29, 1.82) is 0 Å². The quantitative estimate of drug-likeness (QED) is 0.261. The molecule has 0 atom stereocenters. The van der Waals surface area contributed by atoms with Crippen LogP contribution in [0.15, 0.2) is 24.3 Å². The summed E-state index contributed by atoms with van der Waals surface area (Å²) in [5.74, 6) is -0.460. The molecule has 72 valence electrons. The molecule has 0 aromatic rings. The van der Waals surface area contributed by atoms with Crippen LogP contribution in [0, 0.1) is 5.92 Å². The molecule has 0 aliphatic carbocycles. The molecule has 2 nitrogen and oxygen atoms in total. The fourth-order valence-electron chi connectivity index (χ4n) is 0.874. The Labute approximate surface area is 79.3 Å². The van der Waals surface area contributed by atoms with Gasteiger partial charge in [-0.25, -0.2) is 0 Å². The largest absolute Gasteiger partial charge is 0.303 e. The van der Waals surface area contributed by atoms with E-state index in [1.165, 1.54) is 0 Å². The zero-order valence-electron chi connectivity index (χ0n) is 7.98. The van der Waals surface area contributed by atoms with E-state index in [0.29, 0.717) is 19.0 Å². The monoisotopic (exact) mass is 180 g/mol. The summed E-state index contributed by atoms with van der Waals surface area (Å²) < 4.78 is 0. The predicted molar refractivity (Wildman–Crippen MR) is 53.4 cm³/mol. The van der Waals surface area contributed by atoms with Gasteiger partial charge in [0, 0.05) is 0 Å². The maximum Gasteiger partial charge on any atom is 0.130 e. The second-order valence-electron chi connectivity index (χ2n) is 2.79. The smallest absolute Gasteiger partial charge is 0.130 e. The van der Waals surface area contributed by atoms with E-state index in [0.717, 1.165) is 12.8 Å². The van der Waals surface area contributed by atoms with Gasteiger partial charge in [0.05, 0.1) is 5.92 Å². The summed E-state index contributed by atoms with van der Waals surface area (Å²) >= 11 is 0. The molecule has 0 saturated heterocycles. The van der Waals surface area contributed by atoms with E-state index in [1.54, 1.807) is 0 Å². The number of hydrogen-bond acceptors (Lipinski definition) is 2. The highest BCUT2D eigenvalue weighted by Crippen LogP contribution is 1.99. The van der Waals surface area contributed by atoms with Crippen molar-refractivity contribution in [3.8, 4) is 0 Å². The van der Waals surface area contributed by atoms with Crippen molar-refractivity contribution in [1.82, 2.24) is 0 Å². The second-order valence-corrected chi connectivity index (χ2v) is 2.79. The molecule has 0 amide bonds. The van der Waals surface area contributed by atoms with E-state index in [2.05, 4.69) is 6.08 Å². The Morgan fingerprint density at radius 1 is 1.00 bits per heavy atom. The number of carbonyl (C=O) groups is 2. The number of hydrogen-bond donors (Lipinski definition) is 0. The third kappa shape index (κ3) is 7.19. The summed E-state index contributed by atoms with van der Waals surface area (Å²) in [7, 11) is 0. The van der Waals surface area contributed by atoms with Crippen LogP contribution < -0.4 is 0 Å². The Hall–Kier alpha value is -1.18. The van der Waals surface area contributed by atoms with Gasteiger partial charge in [-0.05, 0) is 26.2 Å². The van der Waals surface area contributed by atoms with Crippen molar-refractivity contribution in [2.75, 3.05) is 0 Å². The Morgan fingerprint density at radius 3 is 2.15 bits per heavy atom. The minimum Gasteiger partial charge on any atom is -0.303 e. The second kappa shape index (κ2) is 8.91. The Morgan fingerprint density at radius 2 is 1.62 bits per heavy atom. The van der Waals surface area contributed by atoms with Gasteiger partial charge < -0.3 is 9.59 Å². The SMILES string of the molecule is CC=CCCC=CCC(C=O)C=O. The molecule has 0 aromatic carbocycles. The van der Waals surface area contributed by atoms with Crippen LogP contribution in [0.1, 0.15) is 26.2 Å². The molecule has 13 heavy (non-hydrogen) atoms. The minimum atomic E-state index is -0.460. The molecule has 0 heterocycles. The van der Waals surface area contributed by atoms with Gasteiger partial charge in [0.15, 0.2) is 0 Å². The fraction of sp³-hybridized carbons (Fsp3) is 0.455. The van der Waals surface area contributed by atoms with Crippen LogP contribution >= 0.6 is 0 Å². The first-order valence-electron chi connectivity index (χ1n) is 4.52. The first-order valence-corrected chi connectivity index (χ1v) is 4.52. The highest BCUT2D eigenvalue weighted by atomic mass is 16.1. The lowest BCUT2D eigenvalue weighted by molar-refractivity contribution is -0.119. The van der Waals surface area contributed by atoms with E-state index in [-0.39, 0.29) is 0 Å². The summed E-state index contributed by atoms with van der Waals surface area (Å²) in [4.78, 5) is 20.5. The van der Waals surface area contributed by atoms with Gasteiger partial charge in [-0.15, -0.1) is 0 Å². The highest BCUT2D eigenvalue weighted by Gasteiger charge is 2.00. The van der Waals surface area contributed by atoms with E-state index < -0.39 is 5.92 Å². The van der Waals surface area contributed by atoms with Gasteiger partial charge in [0.1, 0.15) is 12.6 Å². The van der Waals surface area contributed by atoms with Crippen LogP contribution in [0.2, 0.25) is 0 Å². The molecule has 0 N–H and O–H groups in total. The first kappa shape index (κ1) is 11.8. The molecule has 0 unspecified atom stereocenters. The molecule has 0 spiro atoms. The normalized spacial score (nSPS) is 11.5. The Balaban J connectivity index is 3.49. The lowest BCUT2D eigenvalue weighted by Crippen LogP contribution is -2.00. The van der Waals surface area contributed by atoms with Crippen LogP contribution in [-0.2, 0) is 9.59 Å². The standard InChI is InChI=1S/C11H16O2/c1-2-3-4-5-6-7-8-11(9-12)10-13/h2-3,6-7,9-11H,4-5,8H2,1H3. The lowest BCUT2D eigenvalue weighted by Gasteiger charge is -1.93. The van der Waals surface area contributed by atoms with Gasteiger partial charge >= 0.3 is 0 Å². The topological polar surface area (TPSA) is 34.1 Å². The van der Waals surface area contributed by atoms with Crippen LogP contribution in [0.5, 0.6) is 0 Å². The fourth-order valence-corrected chi connectivity index (χ4v) is 0.874. The van der Waals surface area contributed by atoms with Crippen molar-refractivity contribution in [2.24, 2.45) is 5.92 Å². The molecule has 0 rings (SSSR count). The maximum atomic E-state index is 10.2. The highest BCUT2D eigenvalue weighted by molar-refractivity contribution is 5.77. The lowest BCUT2D eigenvalue weighted by atomic mass is 10.1. The van der Waals surface area contributed by atoms with Crippen molar-refractivity contribution >= 4 is 12.6 Å². The molecule has 0 fully saturated rings. The van der Waals surface area contributed by atoms with Gasteiger partial charge in [0.2, 0.25) is 0 Å².